The van der Waals surface area contributed by atoms with Gasteiger partial charge in [0.1, 0.15) is 5.76 Å². The van der Waals surface area contributed by atoms with Crippen LogP contribution < -0.4 is 10.6 Å². The highest BCUT2D eigenvalue weighted by Crippen LogP contribution is 2.31. The minimum Gasteiger partial charge on any atom is -0.467 e. The molecule has 24 heavy (non-hydrogen) atoms. The summed E-state index contributed by atoms with van der Waals surface area (Å²) in [5, 5.41) is 6.72. The van der Waals surface area contributed by atoms with E-state index in [1.165, 1.54) is 6.20 Å². The SMILES string of the molecule is O=C(NCc1ccco1)c1cncc(Nc2cccc(Cl)c2Cl)c1. The average molecular weight is 362 g/mol. The van der Waals surface area contributed by atoms with E-state index in [0.29, 0.717) is 39.3 Å². The van der Waals surface area contributed by atoms with Gasteiger partial charge in [0.25, 0.3) is 5.91 Å². The lowest BCUT2D eigenvalue weighted by atomic mass is 10.2. The molecule has 7 heteroatoms. The number of halogens is 2. The van der Waals surface area contributed by atoms with Crippen LogP contribution in [0.2, 0.25) is 10.0 Å². The van der Waals surface area contributed by atoms with Crippen LogP contribution in [0.25, 0.3) is 0 Å². The summed E-state index contributed by atoms with van der Waals surface area (Å²) in [5.41, 5.74) is 1.69. The second kappa shape index (κ2) is 7.38. The van der Waals surface area contributed by atoms with E-state index in [9.17, 15) is 4.79 Å². The number of hydrogen-bond donors (Lipinski definition) is 2. The topological polar surface area (TPSA) is 67.2 Å². The van der Waals surface area contributed by atoms with Crippen LogP contribution in [0.3, 0.4) is 0 Å². The molecule has 3 aromatic rings. The monoisotopic (exact) mass is 361 g/mol. The molecule has 0 radical (unpaired) electrons. The van der Waals surface area contributed by atoms with Crippen molar-refractivity contribution < 1.29 is 9.21 Å². The van der Waals surface area contributed by atoms with Crippen LogP contribution in [0.15, 0.2) is 59.5 Å². The van der Waals surface area contributed by atoms with Crippen molar-refractivity contribution in [3.63, 3.8) is 0 Å². The normalized spacial score (nSPS) is 10.4. The van der Waals surface area contributed by atoms with E-state index in [2.05, 4.69) is 15.6 Å². The Bertz CT molecular complexity index is 851. The molecule has 2 aromatic heterocycles. The van der Waals surface area contributed by atoms with Crippen molar-refractivity contribution in [1.82, 2.24) is 10.3 Å². The summed E-state index contributed by atoms with van der Waals surface area (Å²) in [7, 11) is 0. The fraction of sp³-hybridized carbons (Fsp3) is 0.0588. The average Bonchev–Trinajstić information content (AvgIpc) is 3.11. The number of anilines is 2. The Balaban J connectivity index is 1.71. The van der Waals surface area contributed by atoms with Gasteiger partial charge in [0.15, 0.2) is 0 Å². The minimum atomic E-state index is -0.250. The predicted molar refractivity (Wildman–Crippen MR) is 93.9 cm³/mol. The number of benzene rings is 1. The van der Waals surface area contributed by atoms with E-state index in [4.69, 9.17) is 27.6 Å². The second-order valence-electron chi connectivity index (χ2n) is 4.95. The number of pyridine rings is 1. The zero-order chi connectivity index (χ0) is 16.9. The van der Waals surface area contributed by atoms with E-state index < -0.39 is 0 Å². The molecule has 0 spiro atoms. The first kappa shape index (κ1) is 16.4. The van der Waals surface area contributed by atoms with Crippen LogP contribution >= 0.6 is 23.2 Å². The molecule has 0 aliphatic heterocycles. The fourth-order valence-electron chi connectivity index (χ4n) is 2.07. The standard InChI is InChI=1S/C17H13Cl2N3O2/c18-14-4-1-5-15(16(14)19)22-12-7-11(8-20-9-12)17(23)21-10-13-3-2-6-24-13/h1-9,22H,10H2,(H,21,23). The predicted octanol–water partition coefficient (Wildman–Crippen LogP) is 4.66. The summed E-state index contributed by atoms with van der Waals surface area (Å²) in [6, 6.07) is 10.5. The Morgan fingerprint density at radius 1 is 1.17 bits per heavy atom. The highest BCUT2D eigenvalue weighted by Gasteiger charge is 2.09. The Hall–Kier alpha value is -2.50. The van der Waals surface area contributed by atoms with E-state index in [0.717, 1.165) is 0 Å². The van der Waals surface area contributed by atoms with Crippen molar-refractivity contribution >= 4 is 40.5 Å². The van der Waals surface area contributed by atoms with Gasteiger partial charge in [-0.25, -0.2) is 0 Å². The first-order valence-electron chi connectivity index (χ1n) is 7.10. The number of carbonyl (C=O) groups is 1. The maximum absolute atomic E-state index is 12.2. The second-order valence-corrected chi connectivity index (χ2v) is 5.74. The molecule has 0 saturated heterocycles. The highest BCUT2D eigenvalue weighted by atomic mass is 35.5. The van der Waals surface area contributed by atoms with Crippen molar-refractivity contribution in [2.45, 2.75) is 6.54 Å². The molecule has 0 aliphatic carbocycles. The number of amides is 1. The van der Waals surface area contributed by atoms with Crippen LogP contribution in [0.4, 0.5) is 11.4 Å². The zero-order valence-electron chi connectivity index (χ0n) is 12.4. The number of hydrogen-bond acceptors (Lipinski definition) is 4. The van der Waals surface area contributed by atoms with Crippen molar-refractivity contribution in [2.75, 3.05) is 5.32 Å². The summed E-state index contributed by atoms with van der Waals surface area (Å²) in [4.78, 5) is 16.3. The van der Waals surface area contributed by atoms with E-state index in [1.807, 2.05) is 0 Å². The summed E-state index contributed by atoms with van der Waals surface area (Å²) < 4.78 is 5.18. The summed E-state index contributed by atoms with van der Waals surface area (Å²) >= 11 is 12.1. The van der Waals surface area contributed by atoms with Crippen LogP contribution in [-0.4, -0.2) is 10.9 Å². The van der Waals surface area contributed by atoms with Crippen molar-refractivity contribution in [1.29, 1.82) is 0 Å². The summed E-state index contributed by atoms with van der Waals surface area (Å²) in [6.45, 7) is 0.309. The molecule has 0 aliphatic rings. The molecule has 2 N–H and O–H groups in total. The lowest BCUT2D eigenvalue weighted by molar-refractivity contribution is 0.0947. The van der Waals surface area contributed by atoms with Gasteiger partial charge in [0, 0.05) is 6.20 Å². The Kier molecular flexibility index (Phi) is 5.03. The Morgan fingerprint density at radius 3 is 2.83 bits per heavy atom. The molecule has 0 atom stereocenters. The molecule has 122 valence electrons. The smallest absolute Gasteiger partial charge is 0.253 e. The first-order chi connectivity index (χ1) is 11.6. The zero-order valence-corrected chi connectivity index (χ0v) is 13.9. The largest absolute Gasteiger partial charge is 0.467 e. The minimum absolute atomic E-state index is 0.250. The van der Waals surface area contributed by atoms with E-state index >= 15 is 0 Å². The van der Waals surface area contributed by atoms with Crippen molar-refractivity contribution in [2.24, 2.45) is 0 Å². The maximum Gasteiger partial charge on any atom is 0.253 e. The molecule has 1 aromatic carbocycles. The van der Waals surface area contributed by atoms with Crippen molar-refractivity contribution in [3.05, 3.63) is 76.4 Å². The third-order valence-electron chi connectivity index (χ3n) is 3.23. The third-order valence-corrected chi connectivity index (χ3v) is 4.05. The lowest BCUT2D eigenvalue weighted by Gasteiger charge is -2.10. The number of carbonyl (C=O) groups excluding carboxylic acids is 1. The number of nitrogens with one attached hydrogen (secondary N) is 2. The molecule has 5 nitrogen and oxygen atoms in total. The van der Waals surface area contributed by atoms with E-state index in [-0.39, 0.29) is 5.91 Å². The highest BCUT2D eigenvalue weighted by molar-refractivity contribution is 6.43. The summed E-state index contributed by atoms with van der Waals surface area (Å²) in [6.07, 6.45) is 4.64. The van der Waals surface area contributed by atoms with Crippen LogP contribution in [0.5, 0.6) is 0 Å². The van der Waals surface area contributed by atoms with Gasteiger partial charge >= 0.3 is 0 Å². The molecule has 2 heterocycles. The Morgan fingerprint density at radius 2 is 2.04 bits per heavy atom. The number of nitrogens with zero attached hydrogens (tertiary/aromatic N) is 1. The molecule has 0 fully saturated rings. The third kappa shape index (κ3) is 3.88. The van der Waals surface area contributed by atoms with Gasteiger partial charge in [-0.2, -0.15) is 0 Å². The lowest BCUT2D eigenvalue weighted by Crippen LogP contribution is -2.22. The Labute approximate surface area is 148 Å². The van der Waals surface area contributed by atoms with Crippen molar-refractivity contribution in [3.8, 4) is 0 Å². The number of furan rings is 1. The fourth-order valence-corrected chi connectivity index (χ4v) is 2.42. The molecule has 3 rings (SSSR count). The van der Waals surface area contributed by atoms with Gasteiger partial charge in [-0.15, -0.1) is 0 Å². The molecule has 1 amide bonds. The van der Waals surface area contributed by atoms with Crippen LogP contribution in [0, 0.1) is 0 Å². The number of rotatable bonds is 5. The van der Waals surface area contributed by atoms with Gasteiger partial charge in [-0.1, -0.05) is 29.3 Å². The van der Waals surface area contributed by atoms with Gasteiger partial charge in [-0.05, 0) is 30.3 Å². The number of aromatic nitrogens is 1. The molecule has 0 saturated carbocycles. The van der Waals surface area contributed by atoms with Gasteiger partial charge < -0.3 is 15.1 Å². The van der Waals surface area contributed by atoms with Gasteiger partial charge in [0.2, 0.25) is 0 Å². The maximum atomic E-state index is 12.2. The van der Waals surface area contributed by atoms with Gasteiger partial charge in [-0.3, -0.25) is 9.78 Å². The molecular formula is C17H13Cl2N3O2. The van der Waals surface area contributed by atoms with Crippen LogP contribution in [-0.2, 0) is 6.54 Å². The molecule has 0 unspecified atom stereocenters. The first-order valence-corrected chi connectivity index (χ1v) is 7.86. The summed E-state index contributed by atoms with van der Waals surface area (Å²) in [5.74, 6) is 0.427. The molecular weight excluding hydrogens is 349 g/mol. The van der Waals surface area contributed by atoms with Crippen LogP contribution in [0.1, 0.15) is 16.1 Å². The van der Waals surface area contributed by atoms with E-state index in [1.54, 1.807) is 48.9 Å². The quantitative estimate of drug-likeness (QED) is 0.693. The molecule has 0 bridgehead atoms. The van der Waals surface area contributed by atoms with Gasteiger partial charge in [0.05, 0.1) is 46.0 Å².